The molecule has 2 aliphatic heterocycles. The van der Waals surface area contributed by atoms with Crippen LogP contribution in [0.1, 0.15) is 75.9 Å². The molecule has 3 saturated carbocycles. The molecule has 4 aliphatic carbocycles. The number of hydrogen-bond donors (Lipinski definition) is 5. The van der Waals surface area contributed by atoms with Crippen LogP contribution in [0.2, 0.25) is 0 Å². The van der Waals surface area contributed by atoms with E-state index in [0.717, 1.165) is 46.6 Å². The maximum Gasteiger partial charge on any atom is 0.253 e. The fraction of sp³-hybridized carbons (Fsp3) is 0.468. The highest BCUT2D eigenvalue weighted by Crippen LogP contribution is 2.70. The van der Waals surface area contributed by atoms with Gasteiger partial charge >= 0.3 is 0 Å². The lowest BCUT2D eigenvalue weighted by Crippen LogP contribution is -2.63. The van der Waals surface area contributed by atoms with Gasteiger partial charge in [0.25, 0.3) is 11.8 Å². The lowest BCUT2D eigenvalue weighted by molar-refractivity contribution is -0.201. The molecule has 0 radical (unpaired) electrons. The molecule has 15 nitrogen and oxygen atoms in total. The summed E-state index contributed by atoms with van der Waals surface area (Å²) in [5.41, 5.74) is 1.43. The van der Waals surface area contributed by atoms with Gasteiger partial charge in [0.1, 0.15) is 12.6 Å². The fourth-order valence-corrected chi connectivity index (χ4v) is 11.4. The zero-order valence-corrected chi connectivity index (χ0v) is 34.9. The first kappa shape index (κ1) is 43.1. The first-order valence-corrected chi connectivity index (χ1v) is 21.2. The second kappa shape index (κ2) is 16.6. The number of aliphatic hydroxyl groups excluding tert-OH is 2. The van der Waals surface area contributed by atoms with E-state index >= 15 is 0 Å². The summed E-state index contributed by atoms with van der Waals surface area (Å²) in [6, 6.07) is 14.0. The Morgan fingerprint density at radius 3 is 2.44 bits per heavy atom. The fourth-order valence-electron chi connectivity index (χ4n) is 11.4. The van der Waals surface area contributed by atoms with Crippen LogP contribution in [0.15, 0.2) is 84.5 Å². The second-order valence-electron chi connectivity index (χ2n) is 17.9. The number of aliphatic hydroxyl groups is 2. The van der Waals surface area contributed by atoms with Crippen molar-refractivity contribution in [2.45, 2.75) is 89.4 Å². The minimum atomic E-state index is -1.45. The van der Waals surface area contributed by atoms with Crippen LogP contribution in [0, 0.1) is 28.6 Å². The Labute approximate surface area is 359 Å². The number of nitrogens with zero attached hydrogens (tertiary/aromatic N) is 1. The van der Waals surface area contributed by atoms with Crippen molar-refractivity contribution in [2.24, 2.45) is 28.6 Å². The van der Waals surface area contributed by atoms with E-state index in [-0.39, 0.29) is 43.0 Å². The molecule has 2 aromatic rings. The van der Waals surface area contributed by atoms with E-state index in [4.69, 9.17) is 9.47 Å². The van der Waals surface area contributed by atoms with E-state index in [1.807, 2.05) is 49.4 Å². The van der Waals surface area contributed by atoms with Gasteiger partial charge in [0.05, 0.1) is 18.8 Å². The van der Waals surface area contributed by atoms with E-state index in [1.165, 1.54) is 6.92 Å². The summed E-state index contributed by atoms with van der Waals surface area (Å²) in [4.78, 5) is 88.1. The van der Waals surface area contributed by atoms with Crippen LogP contribution in [0.25, 0.3) is 0 Å². The molecule has 1 saturated heterocycles. The quantitative estimate of drug-likeness (QED) is 0.185. The maximum absolute atomic E-state index is 13.9. The Balaban J connectivity index is 0.858. The van der Waals surface area contributed by atoms with E-state index < -0.39 is 82.9 Å². The zero-order valence-electron chi connectivity index (χ0n) is 34.9. The molecule has 0 spiro atoms. The van der Waals surface area contributed by atoms with Crippen LogP contribution in [0.5, 0.6) is 0 Å². The van der Waals surface area contributed by atoms with Gasteiger partial charge in [0, 0.05) is 53.1 Å². The van der Waals surface area contributed by atoms with E-state index in [9.17, 15) is 43.8 Å². The van der Waals surface area contributed by atoms with Crippen LogP contribution in [0.3, 0.4) is 0 Å². The molecule has 0 aromatic heterocycles. The predicted octanol–water partition coefficient (Wildman–Crippen LogP) is 2.75. The van der Waals surface area contributed by atoms with Crippen LogP contribution in [-0.4, -0.2) is 99.8 Å². The molecule has 62 heavy (non-hydrogen) atoms. The molecule has 15 heteroatoms. The number of nitrogens with one attached hydrogen (secondary N) is 3. The van der Waals surface area contributed by atoms with Crippen molar-refractivity contribution >= 4 is 46.8 Å². The topological polar surface area (TPSA) is 218 Å². The van der Waals surface area contributed by atoms with Crippen molar-refractivity contribution in [2.75, 3.05) is 25.0 Å². The number of benzene rings is 2. The molecule has 10 atom stereocenters. The van der Waals surface area contributed by atoms with Gasteiger partial charge < -0.3 is 35.6 Å². The van der Waals surface area contributed by atoms with Crippen LogP contribution in [0.4, 0.5) is 5.69 Å². The third-order valence-corrected chi connectivity index (χ3v) is 14.3. The Kier molecular flexibility index (Phi) is 11.5. The predicted molar refractivity (Wildman–Crippen MR) is 222 cm³/mol. The lowest BCUT2D eigenvalue weighted by atomic mass is 9.46. The number of ether oxygens (including phenoxy) is 2. The zero-order chi connectivity index (χ0) is 44.1. The monoisotopic (exact) mass is 848 g/mol. The van der Waals surface area contributed by atoms with Gasteiger partial charge in [-0.25, -0.2) is 0 Å². The third-order valence-electron chi connectivity index (χ3n) is 14.3. The molecule has 4 fully saturated rings. The molecule has 5 amide bonds. The summed E-state index contributed by atoms with van der Waals surface area (Å²) in [7, 11) is 0. The van der Waals surface area contributed by atoms with Crippen molar-refractivity contribution in [3.8, 4) is 0 Å². The molecule has 0 bridgehead atoms. The van der Waals surface area contributed by atoms with Crippen molar-refractivity contribution in [1.82, 2.24) is 15.5 Å². The second-order valence-corrected chi connectivity index (χ2v) is 17.9. The van der Waals surface area contributed by atoms with Gasteiger partial charge in [-0.3, -0.25) is 38.5 Å². The standard InChI is InChI=1S/C47H52N4O11/c1-26(49-38(56)16-18-51-40(58)13-14-41(51)59)43(60)48-24-39(57)50-31-6-4-5-28(20-31)19-27-7-9-29(10-8-27)44-61-37-22-34-33-12-11-30-21-32(53)15-17-45(30,2)42(33)35(54)23-46(34,3)47(37,62-44)36(55)25-52/h4-10,13-15,17,20-21,26,33-35,37,42,44,52,54H,11-12,16,18-19,22-25H2,1-3H3,(H,48,60)(H,49,56)(H,50,57)/t26-,33-,34?,35-,37+,42+,44+,45-,46-,47+/m0/s1. The SMILES string of the molecule is C[C@H](NC(=O)CCN1C(=O)C=CC1=O)C(=O)NCC(=O)Nc1cccc(Cc2ccc([C@@H]3O[C@@H]4CC5[C@@H]6CCC7=CC(=O)C=C[C@]7(C)[C@H]6[C@@H](O)C[C@]5(C)[C@]4(C(=O)CO)O3)cc2)c1. The summed E-state index contributed by atoms with van der Waals surface area (Å²) in [5, 5.41) is 30.0. The number of carbonyl (C=O) groups excluding carboxylic acids is 7. The van der Waals surface area contributed by atoms with Gasteiger partial charge in [-0.05, 0) is 86.3 Å². The number of hydrogen-bond acceptors (Lipinski definition) is 11. The number of Topliss-reactive ketones (excluding diaryl/α,β-unsaturated/α-hetero) is 1. The largest absolute Gasteiger partial charge is 0.393 e. The van der Waals surface area contributed by atoms with E-state index in [1.54, 1.807) is 24.3 Å². The summed E-state index contributed by atoms with van der Waals surface area (Å²) in [5.74, 6) is -3.15. The minimum absolute atomic E-state index is 0.00897. The number of carbonyl (C=O) groups is 7. The molecule has 1 unspecified atom stereocenters. The molecular weight excluding hydrogens is 797 g/mol. The van der Waals surface area contributed by atoms with Crippen molar-refractivity contribution in [3.05, 3.63) is 101 Å². The number of amides is 5. The van der Waals surface area contributed by atoms with Gasteiger partial charge in [0.2, 0.25) is 17.7 Å². The van der Waals surface area contributed by atoms with Gasteiger partial charge in [-0.1, -0.05) is 61.9 Å². The van der Waals surface area contributed by atoms with E-state index in [0.29, 0.717) is 30.5 Å². The Hall–Kier alpha value is -5.61. The van der Waals surface area contributed by atoms with Crippen molar-refractivity contribution < 1.29 is 53.2 Å². The average molecular weight is 849 g/mol. The molecule has 2 heterocycles. The first-order valence-electron chi connectivity index (χ1n) is 21.2. The van der Waals surface area contributed by atoms with Crippen molar-refractivity contribution in [1.29, 1.82) is 0 Å². The Morgan fingerprint density at radius 2 is 1.71 bits per heavy atom. The molecule has 326 valence electrons. The molecule has 2 aromatic carbocycles. The van der Waals surface area contributed by atoms with Gasteiger partial charge in [-0.15, -0.1) is 0 Å². The molecular formula is C47H52N4O11. The number of ketones is 2. The number of imide groups is 1. The summed E-state index contributed by atoms with van der Waals surface area (Å²) in [6.07, 6.45) is 7.97. The van der Waals surface area contributed by atoms with Crippen LogP contribution >= 0.6 is 0 Å². The molecule has 8 rings (SSSR count). The van der Waals surface area contributed by atoms with Crippen LogP contribution < -0.4 is 16.0 Å². The van der Waals surface area contributed by atoms with E-state index in [2.05, 4.69) is 22.9 Å². The highest BCUT2D eigenvalue weighted by atomic mass is 16.7. The molecule has 5 N–H and O–H groups in total. The minimum Gasteiger partial charge on any atom is -0.393 e. The highest BCUT2D eigenvalue weighted by Gasteiger charge is 2.75. The summed E-state index contributed by atoms with van der Waals surface area (Å²) >= 11 is 0. The van der Waals surface area contributed by atoms with Gasteiger partial charge in [-0.2, -0.15) is 0 Å². The summed E-state index contributed by atoms with van der Waals surface area (Å²) in [6.45, 7) is 4.40. The average Bonchev–Trinajstić information content (AvgIpc) is 3.87. The Bertz CT molecular complexity index is 2290. The number of allylic oxidation sites excluding steroid dienone is 4. The smallest absolute Gasteiger partial charge is 0.253 e. The normalized spacial score (nSPS) is 32.3. The molecule has 6 aliphatic rings. The number of anilines is 1. The van der Waals surface area contributed by atoms with Crippen LogP contribution in [-0.2, 0) is 49.5 Å². The van der Waals surface area contributed by atoms with Crippen molar-refractivity contribution in [3.63, 3.8) is 0 Å². The number of fused-ring (bicyclic) bond motifs is 7. The first-order chi connectivity index (χ1) is 29.6. The highest BCUT2D eigenvalue weighted by molar-refractivity contribution is 6.13. The lowest BCUT2D eigenvalue weighted by Gasteiger charge is -2.59. The summed E-state index contributed by atoms with van der Waals surface area (Å²) < 4.78 is 13.4. The Morgan fingerprint density at radius 1 is 0.968 bits per heavy atom. The van der Waals surface area contributed by atoms with Gasteiger partial charge in [0.15, 0.2) is 23.5 Å². The third kappa shape index (κ3) is 7.54. The number of rotatable bonds is 13. The maximum atomic E-state index is 13.9.